The van der Waals surface area contributed by atoms with Crippen LogP contribution in [-0.2, 0) is 11.3 Å². The number of carbonyl (C=O) groups is 1. The van der Waals surface area contributed by atoms with E-state index in [0.29, 0.717) is 18.7 Å². The fraction of sp³-hybridized carbons (Fsp3) is 0.364. The van der Waals surface area contributed by atoms with E-state index in [1.54, 1.807) is 25.2 Å². The number of benzene rings is 1. The molecule has 1 rings (SSSR count). The zero-order valence-corrected chi connectivity index (χ0v) is 9.15. The maximum Gasteiger partial charge on any atom is 0.409 e. The van der Waals surface area contributed by atoms with Crippen LogP contribution in [0.2, 0.25) is 0 Å². The summed E-state index contributed by atoms with van der Waals surface area (Å²) in [6.07, 6.45) is -0.506. The lowest BCUT2D eigenvalue weighted by molar-refractivity contribution is 0.105. The Bertz CT molecular complexity index is 358. The summed E-state index contributed by atoms with van der Waals surface area (Å²) >= 11 is 0. The van der Waals surface area contributed by atoms with Crippen molar-refractivity contribution in [3.63, 3.8) is 0 Å². The minimum atomic E-state index is -0.506. The first kappa shape index (κ1) is 12.4. The van der Waals surface area contributed by atoms with Gasteiger partial charge in [-0.15, -0.1) is 0 Å². The first-order valence-electron chi connectivity index (χ1n) is 4.96. The van der Waals surface area contributed by atoms with E-state index in [9.17, 15) is 9.18 Å². The first-order chi connectivity index (χ1) is 7.65. The normalized spacial score (nSPS) is 9.94. The first-order valence-corrected chi connectivity index (χ1v) is 4.96. The number of hydrogen-bond donors (Lipinski definition) is 1. The van der Waals surface area contributed by atoms with Crippen LogP contribution in [-0.4, -0.2) is 31.1 Å². The SMILES string of the molecule is CN(CCN)C(=O)OCc1ccccc1F. The molecule has 88 valence electrons. The molecule has 0 aliphatic rings. The van der Waals surface area contributed by atoms with Gasteiger partial charge in [-0.2, -0.15) is 0 Å². The predicted octanol–water partition coefficient (Wildman–Crippen LogP) is 1.35. The molecule has 0 bridgehead atoms. The molecule has 0 radical (unpaired) electrons. The van der Waals surface area contributed by atoms with Crippen LogP contribution in [0.3, 0.4) is 0 Å². The van der Waals surface area contributed by atoms with E-state index in [1.165, 1.54) is 11.0 Å². The van der Waals surface area contributed by atoms with Gasteiger partial charge in [-0.25, -0.2) is 9.18 Å². The molecule has 0 saturated heterocycles. The highest BCUT2D eigenvalue weighted by atomic mass is 19.1. The molecule has 2 N–H and O–H groups in total. The van der Waals surface area contributed by atoms with Crippen LogP contribution in [0.4, 0.5) is 9.18 Å². The lowest BCUT2D eigenvalue weighted by atomic mass is 10.2. The molecule has 4 nitrogen and oxygen atoms in total. The van der Waals surface area contributed by atoms with Gasteiger partial charge in [-0.3, -0.25) is 0 Å². The van der Waals surface area contributed by atoms with Crippen LogP contribution in [0.25, 0.3) is 0 Å². The molecule has 0 spiro atoms. The molecule has 0 aromatic heterocycles. The van der Waals surface area contributed by atoms with Gasteiger partial charge in [0.15, 0.2) is 0 Å². The smallest absolute Gasteiger partial charge is 0.409 e. The number of rotatable bonds is 4. The average Bonchev–Trinajstić information content (AvgIpc) is 2.28. The molecule has 0 saturated carbocycles. The highest BCUT2D eigenvalue weighted by Crippen LogP contribution is 2.08. The second-order valence-electron chi connectivity index (χ2n) is 3.36. The van der Waals surface area contributed by atoms with Crippen LogP contribution < -0.4 is 5.73 Å². The van der Waals surface area contributed by atoms with Gasteiger partial charge in [0.25, 0.3) is 0 Å². The van der Waals surface area contributed by atoms with Gasteiger partial charge in [0.2, 0.25) is 0 Å². The van der Waals surface area contributed by atoms with Crippen molar-refractivity contribution in [2.75, 3.05) is 20.1 Å². The molecule has 1 aromatic rings. The Morgan fingerprint density at radius 3 is 2.81 bits per heavy atom. The topological polar surface area (TPSA) is 55.6 Å². The largest absolute Gasteiger partial charge is 0.444 e. The molecule has 1 amide bonds. The minimum Gasteiger partial charge on any atom is -0.444 e. The zero-order chi connectivity index (χ0) is 12.0. The number of nitrogens with zero attached hydrogens (tertiary/aromatic N) is 1. The fourth-order valence-corrected chi connectivity index (χ4v) is 1.15. The number of ether oxygens (including phenoxy) is 1. The minimum absolute atomic E-state index is 0.0690. The van der Waals surface area contributed by atoms with Gasteiger partial charge in [-0.05, 0) is 6.07 Å². The van der Waals surface area contributed by atoms with E-state index in [4.69, 9.17) is 10.5 Å². The number of amides is 1. The summed E-state index contributed by atoms with van der Waals surface area (Å²) < 4.78 is 18.1. The molecule has 0 aliphatic heterocycles. The third kappa shape index (κ3) is 3.51. The number of halogens is 1. The summed E-state index contributed by atoms with van der Waals surface area (Å²) in [4.78, 5) is 12.7. The summed E-state index contributed by atoms with van der Waals surface area (Å²) in [6, 6.07) is 6.18. The molecule has 16 heavy (non-hydrogen) atoms. The Hall–Kier alpha value is -1.62. The van der Waals surface area contributed by atoms with Crippen LogP contribution in [0.1, 0.15) is 5.56 Å². The standard InChI is InChI=1S/C11H15FN2O2/c1-14(7-6-13)11(15)16-8-9-4-2-3-5-10(9)12/h2-5H,6-8,13H2,1H3. The molecular formula is C11H15FN2O2. The second kappa shape index (κ2) is 6.07. The van der Waals surface area contributed by atoms with Crippen molar-refractivity contribution in [1.82, 2.24) is 4.90 Å². The third-order valence-electron chi connectivity index (χ3n) is 2.09. The van der Waals surface area contributed by atoms with E-state index in [2.05, 4.69) is 0 Å². The van der Waals surface area contributed by atoms with Gasteiger partial charge in [-0.1, -0.05) is 18.2 Å². The van der Waals surface area contributed by atoms with Gasteiger partial charge in [0, 0.05) is 25.7 Å². The van der Waals surface area contributed by atoms with E-state index >= 15 is 0 Å². The van der Waals surface area contributed by atoms with Crippen molar-refractivity contribution in [2.24, 2.45) is 5.73 Å². The van der Waals surface area contributed by atoms with Gasteiger partial charge in [0.1, 0.15) is 12.4 Å². The monoisotopic (exact) mass is 226 g/mol. The Balaban J connectivity index is 2.46. The van der Waals surface area contributed by atoms with Crippen molar-refractivity contribution in [3.05, 3.63) is 35.6 Å². The van der Waals surface area contributed by atoms with E-state index in [-0.39, 0.29) is 12.4 Å². The highest BCUT2D eigenvalue weighted by molar-refractivity contribution is 5.67. The molecule has 0 heterocycles. The van der Waals surface area contributed by atoms with E-state index in [1.807, 2.05) is 0 Å². The van der Waals surface area contributed by atoms with Crippen LogP contribution >= 0.6 is 0 Å². The number of likely N-dealkylation sites (N-methyl/N-ethyl adjacent to an activating group) is 1. The van der Waals surface area contributed by atoms with Gasteiger partial charge < -0.3 is 15.4 Å². The number of carbonyl (C=O) groups excluding carboxylic acids is 1. The Labute approximate surface area is 93.8 Å². The molecule has 5 heteroatoms. The quantitative estimate of drug-likeness (QED) is 0.843. The van der Waals surface area contributed by atoms with Crippen molar-refractivity contribution >= 4 is 6.09 Å². The lowest BCUT2D eigenvalue weighted by Crippen LogP contribution is -2.32. The van der Waals surface area contributed by atoms with Crippen molar-refractivity contribution < 1.29 is 13.9 Å². The molecule has 0 aliphatic carbocycles. The molecule has 0 fully saturated rings. The van der Waals surface area contributed by atoms with Crippen molar-refractivity contribution in [1.29, 1.82) is 0 Å². The van der Waals surface area contributed by atoms with Gasteiger partial charge >= 0.3 is 6.09 Å². The maximum atomic E-state index is 13.2. The van der Waals surface area contributed by atoms with Crippen LogP contribution in [0.15, 0.2) is 24.3 Å². The van der Waals surface area contributed by atoms with Crippen LogP contribution in [0, 0.1) is 5.82 Å². The number of hydrogen-bond acceptors (Lipinski definition) is 3. The molecule has 1 aromatic carbocycles. The van der Waals surface area contributed by atoms with Gasteiger partial charge in [0.05, 0.1) is 0 Å². The van der Waals surface area contributed by atoms with Crippen LogP contribution in [0.5, 0.6) is 0 Å². The van der Waals surface area contributed by atoms with E-state index < -0.39 is 6.09 Å². The fourth-order valence-electron chi connectivity index (χ4n) is 1.15. The maximum absolute atomic E-state index is 13.2. The molecular weight excluding hydrogens is 211 g/mol. The highest BCUT2D eigenvalue weighted by Gasteiger charge is 2.10. The summed E-state index contributed by atoms with van der Waals surface area (Å²) in [5.74, 6) is -0.378. The summed E-state index contributed by atoms with van der Waals surface area (Å²) in [6.45, 7) is 0.710. The summed E-state index contributed by atoms with van der Waals surface area (Å²) in [5.41, 5.74) is 5.65. The van der Waals surface area contributed by atoms with Crippen molar-refractivity contribution in [3.8, 4) is 0 Å². The van der Waals surface area contributed by atoms with Crippen molar-refractivity contribution in [2.45, 2.75) is 6.61 Å². The zero-order valence-electron chi connectivity index (χ0n) is 9.15. The van der Waals surface area contributed by atoms with E-state index in [0.717, 1.165) is 0 Å². The predicted molar refractivity (Wildman–Crippen MR) is 58.3 cm³/mol. The third-order valence-corrected chi connectivity index (χ3v) is 2.09. The average molecular weight is 226 g/mol. The lowest BCUT2D eigenvalue weighted by Gasteiger charge is -2.15. The second-order valence-corrected chi connectivity index (χ2v) is 3.36. The Kier molecular flexibility index (Phi) is 4.72. The molecule has 0 unspecified atom stereocenters. The summed E-state index contributed by atoms with van der Waals surface area (Å²) in [7, 11) is 1.58. The number of nitrogens with two attached hydrogens (primary N) is 1. The Morgan fingerprint density at radius 2 is 2.19 bits per heavy atom. The Morgan fingerprint density at radius 1 is 1.50 bits per heavy atom. The summed E-state index contributed by atoms with van der Waals surface area (Å²) in [5, 5.41) is 0. The molecule has 0 atom stereocenters.